The van der Waals surface area contributed by atoms with Crippen molar-refractivity contribution in [1.29, 1.82) is 0 Å². The second-order valence-corrected chi connectivity index (χ2v) is 11.7. The third-order valence-corrected chi connectivity index (χ3v) is 7.75. The highest BCUT2D eigenvalue weighted by atomic mass is 16.5. The van der Waals surface area contributed by atoms with Crippen LogP contribution in [0, 0.1) is 11.8 Å². The molecular formula is C32H45N5O6. The first-order valence-corrected chi connectivity index (χ1v) is 15.0. The van der Waals surface area contributed by atoms with E-state index in [2.05, 4.69) is 16.0 Å². The normalized spacial score (nSPS) is 16.6. The number of hydrogen-bond acceptors (Lipinski definition) is 7. The molecule has 1 fully saturated rings. The van der Waals surface area contributed by atoms with E-state index in [1.807, 2.05) is 68.1 Å². The Kier molecular flexibility index (Phi) is 12.6. The fourth-order valence-electron chi connectivity index (χ4n) is 5.06. The van der Waals surface area contributed by atoms with E-state index in [1.54, 1.807) is 6.92 Å². The lowest BCUT2D eigenvalue weighted by Crippen LogP contribution is -2.58. The monoisotopic (exact) mass is 595 g/mol. The molecule has 0 aliphatic carbocycles. The lowest BCUT2D eigenvalue weighted by molar-refractivity contribution is -0.142. The molecule has 234 valence electrons. The van der Waals surface area contributed by atoms with Crippen LogP contribution in [0.3, 0.4) is 0 Å². The van der Waals surface area contributed by atoms with Crippen LogP contribution in [-0.4, -0.2) is 85.3 Å². The van der Waals surface area contributed by atoms with Crippen molar-refractivity contribution in [1.82, 2.24) is 20.9 Å². The predicted molar refractivity (Wildman–Crippen MR) is 164 cm³/mol. The molecule has 4 atom stereocenters. The Labute approximate surface area is 253 Å². The van der Waals surface area contributed by atoms with Gasteiger partial charge in [0.05, 0.1) is 25.8 Å². The number of hydrogen-bond donors (Lipinski definition) is 4. The van der Waals surface area contributed by atoms with Gasteiger partial charge in [-0.1, -0.05) is 76.6 Å². The summed E-state index contributed by atoms with van der Waals surface area (Å²) in [4.78, 5) is 67.0. The molecule has 0 spiro atoms. The maximum atomic E-state index is 13.4. The number of benzene rings is 2. The van der Waals surface area contributed by atoms with E-state index in [-0.39, 0.29) is 24.8 Å². The number of Topliss-reactive ketones (excluding diaryl/α,β-unsaturated/α-hetero) is 1. The minimum atomic E-state index is -1.16. The highest BCUT2D eigenvalue weighted by Crippen LogP contribution is 2.17. The van der Waals surface area contributed by atoms with Crippen LogP contribution in [0.15, 0.2) is 42.5 Å². The second kappa shape index (κ2) is 16.1. The van der Waals surface area contributed by atoms with Crippen LogP contribution in [0.2, 0.25) is 0 Å². The van der Waals surface area contributed by atoms with Crippen LogP contribution in [0.1, 0.15) is 46.1 Å². The van der Waals surface area contributed by atoms with E-state index >= 15 is 0 Å². The van der Waals surface area contributed by atoms with Crippen LogP contribution >= 0.6 is 0 Å². The number of morpholine rings is 1. The van der Waals surface area contributed by atoms with Gasteiger partial charge in [-0.25, -0.2) is 0 Å². The molecule has 0 saturated carbocycles. The number of nitrogens with one attached hydrogen (secondary N) is 3. The number of fused-ring (bicyclic) bond motifs is 1. The zero-order valence-corrected chi connectivity index (χ0v) is 25.6. The first-order chi connectivity index (χ1) is 20.5. The van der Waals surface area contributed by atoms with E-state index in [0.717, 1.165) is 16.3 Å². The second-order valence-electron chi connectivity index (χ2n) is 11.7. The van der Waals surface area contributed by atoms with Gasteiger partial charge in [0.15, 0.2) is 0 Å². The summed E-state index contributed by atoms with van der Waals surface area (Å²) in [6.45, 7) is 9.93. The number of carbonyl (C=O) groups excluding carboxylic acids is 5. The summed E-state index contributed by atoms with van der Waals surface area (Å²) in [5.41, 5.74) is 6.37. The molecule has 2 aromatic carbocycles. The van der Waals surface area contributed by atoms with Gasteiger partial charge in [-0.05, 0) is 34.6 Å². The minimum Gasteiger partial charge on any atom is -0.379 e. The Bertz CT molecular complexity index is 1290. The zero-order chi connectivity index (χ0) is 31.5. The summed E-state index contributed by atoms with van der Waals surface area (Å²) in [6, 6.07) is 10.2. The number of nitrogens with zero attached hydrogens (tertiary/aromatic N) is 1. The number of nitrogens with two attached hydrogens (primary N) is 1. The summed E-state index contributed by atoms with van der Waals surface area (Å²) in [5, 5.41) is 10.0. The Morgan fingerprint density at radius 3 is 2.21 bits per heavy atom. The van der Waals surface area contributed by atoms with E-state index in [1.165, 1.54) is 0 Å². The average molecular weight is 596 g/mol. The zero-order valence-electron chi connectivity index (χ0n) is 25.6. The number of rotatable bonds is 15. The molecule has 11 heteroatoms. The highest BCUT2D eigenvalue weighted by molar-refractivity contribution is 6.39. The molecule has 1 aliphatic heterocycles. The number of ketones is 1. The van der Waals surface area contributed by atoms with Crippen LogP contribution in [0.4, 0.5) is 0 Å². The molecule has 11 nitrogen and oxygen atoms in total. The van der Waals surface area contributed by atoms with Gasteiger partial charge in [-0.3, -0.25) is 28.9 Å². The van der Waals surface area contributed by atoms with Crippen molar-refractivity contribution in [2.45, 2.75) is 65.1 Å². The summed E-state index contributed by atoms with van der Waals surface area (Å²) in [5.74, 6) is -3.82. The number of ether oxygens (including phenoxy) is 1. The first kappa shape index (κ1) is 33.7. The molecule has 5 N–H and O–H groups in total. The molecule has 3 rings (SSSR count). The third-order valence-electron chi connectivity index (χ3n) is 7.75. The molecule has 1 heterocycles. The summed E-state index contributed by atoms with van der Waals surface area (Å²) in [7, 11) is 0. The van der Waals surface area contributed by atoms with Crippen LogP contribution in [-0.2, 0) is 35.1 Å². The van der Waals surface area contributed by atoms with Gasteiger partial charge in [0, 0.05) is 19.5 Å². The van der Waals surface area contributed by atoms with Crippen molar-refractivity contribution in [3.63, 3.8) is 0 Å². The molecule has 2 aromatic rings. The SMILES string of the molecule is CC[C@H](C)C(NC(=O)C(CC(C)C)NC(=O)CN1CCOCC1)C(=O)C(=O)NC(Cc1ccc2ccccc2c1)C(N)=O. The molecule has 0 radical (unpaired) electrons. The van der Waals surface area contributed by atoms with Gasteiger partial charge in [-0.2, -0.15) is 0 Å². The van der Waals surface area contributed by atoms with Crippen molar-refractivity contribution >= 4 is 40.2 Å². The maximum Gasteiger partial charge on any atom is 0.290 e. The van der Waals surface area contributed by atoms with Gasteiger partial charge in [0.25, 0.3) is 5.91 Å². The molecule has 3 unspecified atom stereocenters. The van der Waals surface area contributed by atoms with Gasteiger partial charge in [0.1, 0.15) is 12.1 Å². The average Bonchev–Trinajstić information content (AvgIpc) is 2.98. The summed E-state index contributed by atoms with van der Waals surface area (Å²) < 4.78 is 5.33. The molecule has 43 heavy (non-hydrogen) atoms. The molecule has 1 saturated heterocycles. The smallest absolute Gasteiger partial charge is 0.290 e. The number of primary amides is 1. The standard InChI is InChI=1S/C32H45N5O6/c1-5-21(4)28(36-31(41)26(16-20(2)3)34-27(38)19-37-12-14-43-15-13-37)29(39)32(42)35-25(30(33)40)18-22-10-11-23-8-6-7-9-24(23)17-22/h6-11,17,20-21,25-26,28H,5,12-16,18-19H2,1-4H3,(H2,33,40)(H,34,38)(H,35,42)(H,36,41)/t21-,25?,26?,28?/m0/s1. The number of amides is 4. The van der Waals surface area contributed by atoms with Crippen molar-refractivity contribution in [3.05, 3.63) is 48.0 Å². The quantitative estimate of drug-likeness (QED) is 0.226. The summed E-state index contributed by atoms with van der Waals surface area (Å²) >= 11 is 0. The Balaban J connectivity index is 1.69. The van der Waals surface area contributed by atoms with Gasteiger partial charge < -0.3 is 26.4 Å². The van der Waals surface area contributed by atoms with Gasteiger partial charge >= 0.3 is 0 Å². The fraction of sp³-hybridized carbons (Fsp3) is 0.531. The Morgan fingerprint density at radius 1 is 0.907 bits per heavy atom. The molecule has 0 aromatic heterocycles. The first-order valence-electron chi connectivity index (χ1n) is 15.0. The van der Waals surface area contributed by atoms with Crippen molar-refractivity contribution in [2.24, 2.45) is 17.6 Å². The van der Waals surface area contributed by atoms with Crippen LogP contribution in [0.5, 0.6) is 0 Å². The van der Waals surface area contributed by atoms with Crippen molar-refractivity contribution in [2.75, 3.05) is 32.8 Å². The molecular weight excluding hydrogens is 550 g/mol. The van der Waals surface area contributed by atoms with E-state index in [9.17, 15) is 24.0 Å². The molecule has 4 amide bonds. The van der Waals surface area contributed by atoms with Crippen LogP contribution < -0.4 is 21.7 Å². The molecule has 1 aliphatic rings. The highest BCUT2D eigenvalue weighted by Gasteiger charge is 2.35. The molecule has 0 bridgehead atoms. The van der Waals surface area contributed by atoms with E-state index < -0.39 is 47.5 Å². The van der Waals surface area contributed by atoms with Crippen molar-refractivity contribution < 1.29 is 28.7 Å². The van der Waals surface area contributed by atoms with Crippen LogP contribution in [0.25, 0.3) is 10.8 Å². The van der Waals surface area contributed by atoms with Gasteiger partial charge in [-0.15, -0.1) is 0 Å². The van der Waals surface area contributed by atoms with Crippen molar-refractivity contribution in [3.8, 4) is 0 Å². The van der Waals surface area contributed by atoms with Gasteiger partial charge in [0.2, 0.25) is 23.5 Å². The summed E-state index contributed by atoms with van der Waals surface area (Å²) in [6.07, 6.45) is 0.952. The Morgan fingerprint density at radius 2 is 1.58 bits per heavy atom. The third kappa shape index (κ3) is 10.1. The largest absolute Gasteiger partial charge is 0.379 e. The fourth-order valence-corrected chi connectivity index (χ4v) is 5.06. The van der Waals surface area contributed by atoms with E-state index in [4.69, 9.17) is 10.5 Å². The lowest BCUT2D eigenvalue weighted by atomic mass is 9.93. The number of carbonyl (C=O) groups is 5. The topological polar surface area (TPSA) is 160 Å². The van der Waals surface area contributed by atoms with E-state index in [0.29, 0.717) is 39.1 Å². The maximum absolute atomic E-state index is 13.4. The predicted octanol–water partition coefficient (Wildman–Crippen LogP) is 1.32. The Hall–Kier alpha value is -3.83. The minimum absolute atomic E-state index is 0.0758. The lowest BCUT2D eigenvalue weighted by Gasteiger charge is -2.29.